The predicted molar refractivity (Wildman–Crippen MR) is 122 cm³/mol. The van der Waals surface area contributed by atoms with Crippen molar-refractivity contribution in [1.29, 1.82) is 0 Å². The van der Waals surface area contributed by atoms with Crippen LogP contribution in [-0.2, 0) is 25.5 Å². The molecule has 0 aliphatic rings. The number of nitrogens with one attached hydrogen (secondary N) is 1. The third-order valence-corrected chi connectivity index (χ3v) is 4.96. The molecule has 0 fully saturated rings. The second-order valence-electron chi connectivity index (χ2n) is 6.67. The van der Waals surface area contributed by atoms with Crippen LogP contribution in [0.2, 0.25) is 10.0 Å². The van der Waals surface area contributed by atoms with Gasteiger partial charge in [0.15, 0.2) is 12.4 Å². The number of ketones is 1. The van der Waals surface area contributed by atoms with E-state index in [1.807, 2.05) is 6.07 Å². The molecule has 164 valence electrons. The zero-order valence-electron chi connectivity index (χ0n) is 16.8. The summed E-state index contributed by atoms with van der Waals surface area (Å²) in [4.78, 5) is 37.4. The molecule has 8 heteroatoms. The van der Waals surface area contributed by atoms with Gasteiger partial charge in [-0.3, -0.25) is 9.59 Å². The number of carbonyl (C=O) groups is 3. The van der Waals surface area contributed by atoms with Gasteiger partial charge in [-0.2, -0.15) is 0 Å². The van der Waals surface area contributed by atoms with E-state index in [9.17, 15) is 14.4 Å². The topological polar surface area (TPSA) is 81.7 Å². The quantitative estimate of drug-likeness (QED) is 0.270. The molecular formula is C24H19Cl2NO5. The van der Waals surface area contributed by atoms with Crippen LogP contribution in [0.1, 0.15) is 15.9 Å². The smallest absolute Gasteiger partial charge is 0.369 e. The summed E-state index contributed by atoms with van der Waals surface area (Å²) in [5.74, 6) is -2.04. The third kappa shape index (κ3) is 6.57. The third-order valence-electron chi connectivity index (χ3n) is 4.33. The summed E-state index contributed by atoms with van der Waals surface area (Å²) in [6.45, 7) is -0.520. The lowest BCUT2D eigenvalue weighted by Gasteiger charge is -2.20. The second-order valence-corrected chi connectivity index (χ2v) is 7.48. The number of benzene rings is 3. The van der Waals surface area contributed by atoms with Crippen molar-refractivity contribution >= 4 is 46.6 Å². The fourth-order valence-corrected chi connectivity index (χ4v) is 3.27. The molecule has 0 bridgehead atoms. The number of anilines is 1. The van der Waals surface area contributed by atoms with Crippen molar-refractivity contribution in [3.05, 3.63) is 100 Å². The molecule has 0 saturated heterocycles. The lowest BCUT2D eigenvalue weighted by Crippen LogP contribution is -2.37. The molecule has 3 aromatic rings. The lowest BCUT2D eigenvalue weighted by atomic mass is 10.1. The number of carbonyl (C=O) groups excluding carboxylic acids is 3. The largest absolute Gasteiger partial charge is 0.453 e. The van der Waals surface area contributed by atoms with Gasteiger partial charge in [0.25, 0.3) is 6.23 Å². The second kappa shape index (κ2) is 11.3. The molecule has 6 nitrogen and oxygen atoms in total. The van der Waals surface area contributed by atoms with Crippen molar-refractivity contribution in [2.45, 2.75) is 12.6 Å². The Kier molecular flexibility index (Phi) is 8.25. The fourth-order valence-electron chi connectivity index (χ4n) is 2.76. The van der Waals surface area contributed by atoms with E-state index in [4.69, 9.17) is 32.7 Å². The number of para-hydroxylation sites is 1. The summed E-state index contributed by atoms with van der Waals surface area (Å²) in [6.07, 6.45) is -1.63. The first-order chi connectivity index (χ1) is 15.4. The average Bonchev–Trinajstić information content (AvgIpc) is 2.80. The number of hydrogen-bond donors (Lipinski definition) is 1. The molecule has 32 heavy (non-hydrogen) atoms. The molecule has 1 N–H and O–H groups in total. The molecule has 0 aliphatic heterocycles. The van der Waals surface area contributed by atoms with Gasteiger partial charge in [0, 0.05) is 5.56 Å². The van der Waals surface area contributed by atoms with E-state index in [-0.39, 0.29) is 22.2 Å². The highest BCUT2D eigenvalue weighted by Gasteiger charge is 2.27. The van der Waals surface area contributed by atoms with Crippen molar-refractivity contribution in [1.82, 2.24) is 0 Å². The van der Waals surface area contributed by atoms with Crippen molar-refractivity contribution in [3.8, 4) is 0 Å². The van der Waals surface area contributed by atoms with Gasteiger partial charge in [-0.25, -0.2) is 4.79 Å². The Balaban J connectivity index is 1.72. The van der Waals surface area contributed by atoms with Crippen LogP contribution >= 0.6 is 23.2 Å². The molecule has 0 amide bonds. The number of halogens is 2. The van der Waals surface area contributed by atoms with Crippen LogP contribution in [0.25, 0.3) is 0 Å². The summed E-state index contributed by atoms with van der Waals surface area (Å²) in [7, 11) is 0. The minimum Gasteiger partial charge on any atom is -0.453 e. The van der Waals surface area contributed by atoms with Gasteiger partial charge in [-0.15, -0.1) is 0 Å². The normalized spacial score (nSPS) is 11.3. The Bertz CT molecular complexity index is 1070. The van der Waals surface area contributed by atoms with E-state index in [2.05, 4.69) is 5.32 Å². The molecule has 3 aromatic carbocycles. The summed E-state index contributed by atoms with van der Waals surface area (Å²) < 4.78 is 10.4. The molecule has 1 unspecified atom stereocenters. The van der Waals surface area contributed by atoms with E-state index in [0.717, 1.165) is 0 Å². The monoisotopic (exact) mass is 471 g/mol. The molecule has 0 aromatic heterocycles. The molecule has 1 atom stereocenters. The molecule has 3 rings (SSSR count). The van der Waals surface area contributed by atoms with Crippen LogP contribution < -0.4 is 5.32 Å². The predicted octanol–water partition coefficient (Wildman–Crippen LogP) is 4.94. The van der Waals surface area contributed by atoms with Crippen molar-refractivity contribution in [3.63, 3.8) is 0 Å². The van der Waals surface area contributed by atoms with Crippen LogP contribution in [-0.4, -0.2) is 30.6 Å². The summed E-state index contributed by atoms with van der Waals surface area (Å²) >= 11 is 12.3. The Morgan fingerprint density at radius 2 is 1.41 bits per heavy atom. The standard InChI is InChI=1S/C24H19Cl2NO5/c25-18-12-7-13-19(26)22(18)27-23(32-21(29)14-16-8-3-1-4-9-16)24(30)31-15-20(28)17-10-5-2-6-11-17/h1-13,23,27H,14-15H2. The zero-order valence-corrected chi connectivity index (χ0v) is 18.3. The zero-order chi connectivity index (χ0) is 22.9. The Morgan fingerprint density at radius 1 is 0.812 bits per heavy atom. The first-order valence-electron chi connectivity index (χ1n) is 9.63. The molecule has 0 heterocycles. The molecule has 0 saturated carbocycles. The van der Waals surface area contributed by atoms with Gasteiger partial charge < -0.3 is 14.8 Å². The van der Waals surface area contributed by atoms with E-state index in [0.29, 0.717) is 11.1 Å². The van der Waals surface area contributed by atoms with E-state index in [1.165, 1.54) is 0 Å². The van der Waals surface area contributed by atoms with Crippen molar-refractivity contribution < 1.29 is 23.9 Å². The highest BCUT2D eigenvalue weighted by molar-refractivity contribution is 6.39. The van der Waals surface area contributed by atoms with Crippen LogP contribution in [0.5, 0.6) is 0 Å². The lowest BCUT2D eigenvalue weighted by molar-refractivity contribution is -0.164. The number of esters is 2. The van der Waals surface area contributed by atoms with Gasteiger partial charge in [-0.05, 0) is 17.7 Å². The Hall–Kier alpha value is -3.35. The summed E-state index contributed by atoms with van der Waals surface area (Å²) in [6, 6.07) is 22.0. The number of rotatable bonds is 9. The van der Waals surface area contributed by atoms with Crippen LogP contribution in [0.3, 0.4) is 0 Å². The first-order valence-corrected chi connectivity index (χ1v) is 10.4. The van der Waals surface area contributed by atoms with Gasteiger partial charge >= 0.3 is 11.9 Å². The summed E-state index contributed by atoms with van der Waals surface area (Å²) in [5.41, 5.74) is 1.29. The maximum absolute atomic E-state index is 12.7. The average molecular weight is 472 g/mol. The van der Waals surface area contributed by atoms with Gasteiger partial charge in [0.1, 0.15) is 0 Å². The van der Waals surface area contributed by atoms with Gasteiger partial charge in [-0.1, -0.05) is 89.9 Å². The van der Waals surface area contributed by atoms with E-state index in [1.54, 1.807) is 72.8 Å². The van der Waals surface area contributed by atoms with Crippen molar-refractivity contribution in [2.75, 3.05) is 11.9 Å². The number of hydrogen-bond acceptors (Lipinski definition) is 6. The highest BCUT2D eigenvalue weighted by Crippen LogP contribution is 2.30. The van der Waals surface area contributed by atoms with E-state index >= 15 is 0 Å². The van der Waals surface area contributed by atoms with Crippen LogP contribution in [0.4, 0.5) is 5.69 Å². The maximum atomic E-state index is 12.7. The molecule has 0 radical (unpaired) electrons. The van der Waals surface area contributed by atoms with E-state index < -0.39 is 30.6 Å². The molecule has 0 spiro atoms. The SMILES string of the molecule is O=C(Cc1ccccc1)OC(Nc1c(Cl)cccc1Cl)C(=O)OCC(=O)c1ccccc1. The van der Waals surface area contributed by atoms with Crippen LogP contribution in [0.15, 0.2) is 78.9 Å². The van der Waals surface area contributed by atoms with Gasteiger partial charge in [0.2, 0.25) is 0 Å². The summed E-state index contributed by atoms with van der Waals surface area (Å²) in [5, 5.41) is 3.14. The Labute approximate surface area is 195 Å². The van der Waals surface area contributed by atoms with Crippen molar-refractivity contribution in [2.24, 2.45) is 0 Å². The maximum Gasteiger partial charge on any atom is 0.369 e. The fraction of sp³-hybridized carbons (Fsp3) is 0.125. The molecule has 0 aliphatic carbocycles. The minimum atomic E-state index is -1.56. The molecular weight excluding hydrogens is 453 g/mol. The highest BCUT2D eigenvalue weighted by atomic mass is 35.5. The first kappa shape index (κ1) is 23.3. The van der Waals surface area contributed by atoms with Crippen LogP contribution in [0, 0.1) is 0 Å². The number of ether oxygens (including phenoxy) is 2. The Morgan fingerprint density at radius 3 is 2.03 bits per heavy atom. The number of Topliss-reactive ketones (excluding diaryl/α,β-unsaturated/α-hetero) is 1. The minimum absolute atomic E-state index is 0.0640. The van der Waals surface area contributed by atoms with Gasteiger partial charge in [0.05, 0.1) is 22.2 Å².